The number of hydrogen-bond acceptors (Lipinski definition) is 12. The molecule has 330 valence electrons. The quantitative estimate of drug-likeness (QED) is 0.113. The van der Waals surface area contributed by atoms with Gasteiger partial charge >= 0.3 is 5.97 Å². The lowest BCUT2D eigenvalue weighted by molar-refractivity contribution is -0.339. The van der Waals surface area contributed by atoms with Gasteiger partial charge in [-0.05, 0) is 48.5 Å². The Morgan fingerprint density at radius 2 is 1.32 bits per heavy atom. The van der Waals surface area contributed by atoms with E-state index in [0.29, 0.717) is 36.4 Å². The molecule has 4 aliphatic rings. The molecule has 0 aromatic heterocycles. The van der Waals surface area contributed by atoms with Crippen LogP contribution in [0.4, 0.5) is 0 Å². The van der Waals surface area contributed by atoms with E-state index in [1.165, 1.54) is 6.92 Å². The minimum absolute atomic E-state index is 0.110. The van der Waals surface area contributed by atoms with Crippen LogP contribution in [0.3, 0.4) is 0 Å². The molecule has 0 radical (unpaired) electrons. The van der Waals surface area contributed by atoms with Crippen molar-refractivity contribution in [3.63, 3.8) is 0 Å². The van der Waals surface area contributed by atoms with Gasteiger partial charge in [-0.2, -0.15) is 0 Å². The van der Waals surface area contributed by atoms with Gasteiger partial charge in [-0.3, -0.25) is 4.79 Å². The first-order valence-electron chi connectivity index (χ1n) is 21.7. The fourth-order valence-electron chi connectivity index (χ4n) is 9.73. The molecule has 4 aliphatic heterocycles. The molecule has 0 amide bonds. The van der Waals surface area contributed by atoms with Crippen molar-refractivity contribution in [1.29, 1.82) is 0 Å². The van der Waals surface area contributed by atoms with Crippen LogP contribution in [0.1, 0.15) is 94.2 Å². The molecule has 4 fully saturated rings. The third kappa shape index (κ3) is 10.3. The van der Waals surface area contributed by atoms with Crippen molar-refractivity contribution in [2.45, 2.75) is 180 Å². The maximum Gasteiger partial charge on any atom is 0.303 e. The van der Waals surface area contributed by atoms with Crippen LogP contribution in [0.5, 0.6) is 0 Å². The summed E-state index contributed by atoms with van der Waals surface area (Å²) >= 11 is 0. The van der Waals surface area contributed by atoms with Crippen molar-refractivity contribution in [3.8, 4) is 0 Å². The largest absolute Gasteiger partial charge is 0.454 e. The number of ether oxygens (including phenoxy) is 10. The molecule has 13 heteroatoms. The number of carbonyl (C=O) groups excluding carboxylic acids is 1. The summed E-state index contributed by atoms with van der Waals surface area (Å²) in [6.07, 6.45) is -5.49. The van der Waals surface area contributed by atoms with Crippen LogP contribution in [-0.2, 0) is 69.8 Å². The molecule has 0 aliphatic carbocycles. The summed E-state index contributed by atoms with van der Waals surface area (Å²) in [4.78, 5) is 12.5. The average Bonchev–Trinajstić information content (AvgIpc) is 3.67. The van der Waals surface area contributed by atoms with E-state index in [-0.39, 0.29) is 25.0 Å². The normalized spacial score (nSPS) is 34.7. The fraction of sp³-hybridized carbons (Fsp3) is 0.717. The zero-order valence-corrected chi connectivity index (χ0v) is 38.3. The summed E-state index contributed by atoms with van der Waals surface area (Å²) in [7, 11) is -2.36. The Kier molecular flexibility index (Phi) is 15.2. The van der Waals surface area contributed by atoms with Crippen molar-refractivity contribution in [3.05, 3.63) is 71.8 Å². The smallest absolute Gasteiger partial charge is 0.303 e. The third-order valence-electron chi connectivity index (χ3n) is 12.7. The molecule has 59 heavy (non-hydrogen) atoms. The lowest BCUT2D eigenvalue weighted by atomic mass is 9.91. The van der Waals surface area contributed by atoms with Crippen LogP contribution >= 0.6 is 0 Å². The Balaban J connectivity index is 1.23. The summed E-state index contributed by atoms with van der Waals surface area (Å²) in [5.74, 6) is -1.79. The first kappa shape index (κ1) is 46.2. The average molecular weight is 843 g/mol. The molecule has 2 aromatic carbocycles. The van der Waals surface area contributed by atoms with E-state index in [9.17, 15) is 4.79 Å². The summed E-state index contributed by atoms with van der Waals surface area (Å²) in [6.45, 7) is 26.1. The second-order valence-electron chi connectivity index (χ2n) is 18.5. The Labute approximate surface area is 353 Å². The first-order chi connectivity index (χ1) is 28.0. The van der Waals surface area contributed by atoms with E-state index in [1.807, 2.05) is 88.4 Å². The van der Waals surface area contributed by atoms with Crippen molar-refractivity contribution in [2.24, 2.45) is 11.8 Å². The number of esters is 1. The van der Waals surface area contributed by atoms with Gasteiger partial charge in [0.2, 0.25) is 8.32 Å². The highest BCUT2D eigenvalue weighted by Crippen LogP contribution is 2.47. The summed E-state index contributed by atoms with van der Waals surface area (Å²) in [5.41, 5.74) is 2.03. The highest BCUT2D eigenvalue weighted by molar-refractivity contribution is 6.77. The molecule has 0 saturated carbocycles. The Hall–Kier alpha value is -2.27. The van der Waals surface area contributed by atoms with Gasteiger partial charge in [0.05, 0.1) is 51.2 Å². The van der Waals surface area contributed by atoms with Gasteiger partial charge in [0.25, 0.3) is 0 Å². The molecule has 4 saturated heterocycles. The molecule has 6 rings (SSSR count). The van der Waals surface area contributed by atoms with Gasteiger partial charge in [-0.1, -0.05) is 116 Å². The Morgan fingerprint density at radius 1 is 0.746 bits per heavy atom. The summed E-state index contributed by atoms with van der Waals surface area (Å²) < 4.78 is 73.0. The molecule has 0 spiro atoms. The minimum atomic E-state index is -2.36. The number of carbonyl (C=O) groups is 1. The lowest BCUT2D eigenvalue weighted by Crippen LogP contribution is -2.63. The van der Waals surface area contributed by atoms with Crippen molar-refractivity contribution in [1.82, 2.24) is 0 Å². The van der Waals surface area contributed by atoms with E-state index in [4.69, 9.17) is 51.8 Å². The fourth-order valence-corrected chi connectivity index (χ4v) is 15.1. The molecule has 0 N–H and O–H groups in total. The van der Waals surface area contributed by atoms with Crippen LogP contribution in [0.15, 0.2) is 60.7 Å². The SMILES string of the molecule is CC(=O)O[C@@]1(COCc2ccccc2)CO[C@H](OC2[C@H](C)CO[C@H](O[C@@H]3C(C)O[C@H](O[Si](C(C)C)(C(C)C)C(C)C)[C@H]4OC(C)(C)OC34)[C@@H]2OCc2ccccc2)C1C. The number of fused-ring (bicyclic) bond motifs is 1. The second-order valence-corrected chi connectivity index (χ2v) is 23.9. The molecule has 12 atom stereocenters. The minimum Gasteiger partial charge on any atom is -0.454 e. The molecule has 4 unspecified atom stereocenters. The maximum atomic E-state index is 12.5. The zero-order chi connectivity index (χ0) is 42.7. The van der Waals surface area contributed by atoms with Gasteiger partial charge < -0.3 is 51.8 Å². The topological polar surface area (TPSA) is 119 Å². The predicted molar refractivity (Wildman–Crippen MR) is 223 cm³/mol. The van der Waals surface area contributed by atoms with E-state index in [0.717, 1.165) is 11.1 Å². The molecule has 4 heterocycles. The Bertz CT molecular complexity index is 1600. The highest BCUT2D eigenvalue weighted by atomic mass is 28.4. The van der Waals surface area contributed by atoms with Crippen LogP contribution in [0.25, 0.3) is 0 Å². The monoisotopic (exact) mass is 842 g/mol. The first-order valence-corrected chi connectivity index (χ1v) is 23.8. The van der Waals surface area contributed by atoms with E-state index >= 15 is 0 Å². The van der Waals surface area contributed by atoms with Gasteiger partial charge in [0.15, 0.2) is 30.3 Å². The molecule has 0 bridgehead atoms. The van der Waals surface area contributed by atoms with Crippen LogP contribution < -0.4 is 0 Å². The van der Waals surface area contributed by atoms with Gasteiger partial charge in [-0.15, -0.1) is 0 Å². The molecule has 12 nitrogen and oxygen atoms in total. The lowest BCUT2D eigenvalue weighted by Gasteiger charge is -2.50. The Morgan fingerprint density at radius 3 is 1.92 bits per heavy atom. The highest BCUT2D eigenvalue weighted by Gasteiger charge is 2.60. The van der Waals surface area contributed by atoms with Gasteiger partial charge in [0.1, 0.15) is 24.4 Å². The van der Waals surface area contributed by atoms with Crippen LogP contribution in [0.2, 0.25) is 16.6 Å². The van der Waals surface area contributed by atoms with Crippen LogP contribution in [-0.4, -0.2) is 101 Å². The van der Waals surface area contributed by atoms with Gasteiger partial charge in [-0.25, -0.2) is 0 Å². The molecule has 2 aromatic rings. The number of hydrogen-bond donors (Lipinski definition) is 0. The van der Waals surface area contributed by atoms with Crippen LogP contribution in [0, 0.1) is 11.8 Å². The van der Waals surface area contributed by atoms with Crippen molar-refractivity contribution < 1.29 is 56.6 Å². The molecular formula is C46H70O12Si. The van der Waals surface area contributed by atoms with Crippen molar-refractivity contribution >= 4 is 14.3 Å². The maximum absolute atomic E-state index is 12.5. The van der Waals surface area contributed by atoms with E-state index in [1.54, 1.807) is 0 Å². The number of benzene rings is 2. The summed E-state index contributed by atoms with van der Waals surface area (Å²) in [5, 5.41) is 0. The van der Waals surface area contributed by atoms with E-state index < -0.39 is 81.2 Å². The third-order valence-corrected chi connectivity index (χ3v) is 18.7. The van der Waals surface area contributed by atoms with Gasteiger partial charge in [0, 0.05) is 12.8 Å². The second kappa shape index (κ2) is 19.4. The summed E-state index contributed by atoms with van der Waals surface area (Å²) in [6, 6.07) is 19.9. The van der Waals surface area contributed by atoms with E-state index in [2.05, 4.69) is 48.5 Å². The standard InChI is InChI=1S/C46H70O12Si/c1-28(2)59(29(3)4,30(5)6)58-44-41-39(56-45(11,12)57-41)38(33(9)52-44)54-43-40(49-25-36-21-17-14-18-22-36)37(31(7)23-50-43)53-42-32(8)46(27-51-42,55-34(10)47)26-48-24-35-19-15-13-16-20-35/h13-22,28-33,37-44H,23-27H2,1-12H3/t31-,32?,33?,37?,38-,39?,40-,41+,42-,43-,44-,46+/m1/s1. The predicted octanol–water partition coefficient (Wildman–Crippen LogP) is 8.30. The molecular weight excluding hydrogens is 773 g/mol. The number of rotatable bonds is 17. The van der Waals surface area contributed by atoms with Crippen molar-refractivity contribution in [2.75, 3.05) is 19.8 Å². The zero-order valence-electron chi connectivity index (χ0n) is 37.3.